The molecule has 10 heteroatoms. The molecular weight excluding hydrogens is 557 g/mol. The van der Waals surface area contributed by atoms with Crippen molar-refractivity contribution in [2.75, 3.05) is 10.8 Å². The van der Waals surface area contributed by atoms with Crippen LogP contribution in [-0.2, 0) is 26.2 Å². The number of hydrogen-bond donors (Lipinski definition) is 1. The van der Waals surface area contributed by atoms with Gasteiger partial charge in [-0.05, 0) is 63.1 Å². The number of anilines is 1. The second kappa shape index (κ2) is 13.3. The van der Waals surface area contributed by atoms with Gasteiger partial charge in [-0.1, -0.05) is 78.2 Å². The Morgan fingerprint density at radius 1 is 0.923 bits per heavy atom. The van der Waals surface area contributed by atoms with E-state index in [0.29, 0.717) is 0 Å². The number of nitrogens with one attached hydrogen (secondary N) is 1. The van der Waals surface area contributed by atoms with Crippen LogP contribution in [0, 0.1) is 6.92 Å². The normalized spacial score (nSPS) is 12.9. The molecule has 0 aliphatic rings. The summed E-state index contributed by atoms with van der Waals surface area (Å²) in [5.74, 6) is -0.882. The van der Waals surface area contributed by atoms with Crippen molar-refractivity contribution in [2.24, 2.45) is 0 Å². The van der Waals surface area contributed by atoms with Crippen LogP contribution >= 0.6 is 23.2 Å². The molecule has 1 N–H and O–H groups in total. The van der Waals surface area contributed by atoms with Gasteiger partial charge in [0.25, 0.3) is 10.0 Å². The SMILES string of the molecule is CC[C@@H](C)NC(=O)[C@@H](C)N(Cc1cccc(C)c1)C(=O)CN(c1cc(Cl)cc(Cl)c1)S(=O)(=O)c1ccccc1. The van der Waals surface area contributed by atoms with E-state index >= 15 is 0 Å². The minimum Gasteiger partial charge on any atom is -0.352 e. The van der Waals surface area contributed by atoms with E-state index in [9.17, 15) is 18.0 Å². The average molecular weight is 591 g/mol. The van der Waals surface area contributed by atoms with E-state index in [4.69, 9.17) is 23.2 Å². The van der Waals surface area contributed by atoms with Crippen LogP contribution in [0.5, 0.6) is 0 Å². The molecule has 0 unspecified atom stereocenters. The molecule has 0 radical (unpaired) electrons. The van der Waals surface area contributed by atoms with Crippen LogP contribution in [0.1, 0.15) is 38.3 Å². The first-order valence-corrected chi connectivity index (χ1v) is 14.8. The third-order valence-electron chi connectivity index (χ3n) is 6.35. The lowest BCUT2D eigenvalue weighted by Crippen LogP contribution is -2.52. The van der Waals surface area contributed by atoms with Crippen LogP contribution < -0.4 is 9.62 Å². The van der Waals surface area contributed by atoms with Gasteiger partial charge >= 0.3 is 0 Å². The van der Waals surface area contributed by atoms with E-state index in [0.717, 1.165) is 21.9 Å². The van der Waals surface area contributed by atoms with Crippen molar-refractivity contribution in [3.63, 3.8) is 0 Å². The zero-order valence-electron chi connectivity index (χ0n) is 22.4. The van der Waals surface area contributed by atoms with Crippen LogP contribution in [0.15, 0.2) is 77.7 Å². The van der Waals surface area contributed by atoms with Gasteiger partial charge in [0.1, 0.15) is 12.6 Å². The maximum atomic E-state index is 13.9. The summed E-state index contributed by atoms with van der Waals surface area (Å²) < 4.78 is 28.6. The Morgan fingerprint density at radius 3 is 2.15 bits per heavy atom. The number of hydrogen-bond acceptors (Lipinski definition) is 4. The second-order valence-electron chi connectivity index (χ2n) is 9.46. The highest BCUT2D eigenvalue weighted by Gasteiger charge is 2.33. The van der Waals surface area contributed by atoms with Crippen LogP contribution in [0.3, 0.4) is 0 Å². The molecule has 208 valence electrons. The summed E-state index contributed by atoms with van der Waals surface area (Å²) in [6.07, 6.45) is 0.725. The van der Waals surface area contributed by atoms with Crippen LogP contribution in [0.2, 0.25) is 10.0 Å². The monoisotopic (exact) mass is 589 g/mol. The van der Waals surface area contributed by atoms with E-state index in [1.165, 1.54) is 35.2 Å². The van der Waals surface area contributed by atoms with Crippen molar-refractivity contribution in [3.05, 3.63) is 94.0 Å². The van der Waals surface area contributed by atoms with Crippen molar-refractivity contribution >= 4 is 50.7 Å². The highest BCUT2D eigenvalue weighted by atomic mass is 35.5. The molecule has 0 aliphatic carbocycles. The zero-order chi connectivity index (χ0) is 28.7. The van der Waals surface area contributed by atoms with Gasteiger partial charge < -0.3 is 10.2 Å². The van der Waals surface area contributed by atoms with Crippen LogP contribution in [0.4, 0.5) is 5.69 Å². The lowest BCUT2D eigenvalue weighted by atomic mass is 10.1. The predicted molar refractivity (Wildman–Crippen MR) is 157 cm³/mol. The van der Waals surface area contributed by atoms with E-state index in [1.54, 1.807) is 25.1 Å². The van der Waals surface area contributed by atoms with Crippen molar-refractivity contribution in [1.82, 2.24) is 10.2 Å². The largest absolute Gasteiger partial charge is 0.352 e. The van der Waals surface area contributed by atoms with Gasteiger partial charge in [-0.15, -0.1) is 0 Å². The molecule has 0 bridgehead atoms. The molecule has 0 fully saturated rings. The number of benzene rings is 3. The number of amides is 2. The Morgan fingerprint density at radius 2 is 1.56 bits per heavy atom. The quantitative estimate of drug-likeness (QED) is 0.305. The predicted octanol–water partition coefficient (Wildman–Crippen LogP) is 5.83. The molecule has 2 amide bonds. The summed E-state index contributed by atoms with van der Waals surface area (Å²) in [6.45, 7) is 6.96. The molecule has 0 saturated heterocycles. The number of halogens is 2. The van der Waals surface area contributed by atoms with Gasteiger partial charge in [0.2, 0.25) is 11.8 Å². The summed E-state index contributed by atoms with van der Waals surface area (Å²) in [5.41, 5.74) is 1.95. The minimum atomic E-state index is -4.20. The Balaban J connectivity index is 2.05. The first-order valence-electron chi connectivity index (χ1n) is 12.6. The highest BCUT2D eigenvalue weighted by molar-refractivity contribution is 7.92. The molecule has 0 spiro atoms. The summed E-state index contributed by atoms with van der Waals surface area (Å²) >= 11 is 12.4. The average Bonchev–Trinajstić information content (AvgIpc) is 2.89. The van der Waals surface area contributed by atoms with E-state index < -0.39 is 28.5 Å². The maximum absolute atomic E-state index is 13.9. The van der Waals surface area contributed by atoms with Crippen LogP contribution in [0.25, 0.3) is 0 Å². The molecule has 7 nitrogen and oxygen atoms in total. The molecular formula is C29H33Cl2N3O4S. The van der Waals surface area contributed by atoms with Crippen molar-refractivity contribution in [2.45, 2.75) is 57.6 Å². The first-order chi connectivity index (χ1) is 18.4. The Labute approximate surface area is 240 Å². The van der Waals surface area contributed by atoms with Crippen molar-refractivity contribution < 1.29 is 18.0 Å². The number of sulfonamides is 1. The van der Waals surface area contributed by atoms with Gasteiger partial charge in [0.15, 0.2) is 0 Å². The van der Waals surface area contributed by atoms with E-state index in [2.05, 4.69) is 5.32 Å². The smallest absolute Gasteiger partial charge is 0.264 e. The third-order valence-corrected chi connectivity index (χ3v) is 8.57. The second-order valence-corrected chi connectivity index (χ2v) is 12.2. The molecule has 0 aliphatic heterocycles. The van der Waals surface area contributed by atoms with Crippen molar-refractivity contribution in [1.29, 1.82) is 0 Å². The van der Waals surface area contributed by atoms with Crippen molar-refractivity contribution in [3.8, 4) is 0 Å². The van der Waals surface area contributed by atoms with Gasteiger partial charge in [-0.3, -0.25) is 13.9 Å². The van der Waals surface area contributed by atoms with Gasteiger partial charge in [0.05, 0.1) is 10.6 Å². The molecule has 3 aromatic carbocycles. The summed E-state index contributed by atoms with van der Waals surface area (Å²) in [5, 5.41) is 3.36. The fourth-order valence-electron chi connectivity index (χ4n) is 3.99. The molecule has 0 heterocycles. The number of carbonyl (C=O) groups is 2. The number of rotatable bonds is 11. The third kappa shape index (κ3) is 7.97. The molecule has 3 rings (SSSR count). The van der Waals surface area contributed by atoms with E-state index in [1.807, 2.05) is 45.0 Å². The lowest BCUT2D eigenvalue weighted by Gasteiger charge is -2.32. The molecule has 2 atom stereocenters. The first kappa shape index (κ1) is 30.5. The summed E-state index contributed by atoms with van der Waals surface area (Å²) in [4.78, 5) is 28.4. The lowest BCUT2D eigenvalue weighted by molar-refractivity contribution is -0.139. The number of aryl methyl sites for hydroxylation is 1. The fraction of sp³-hybridized carbons (Fsp3) is 0.310. The molecule has 0 aromatic heterocycles. The van der Waals surface area contributed by atoms with Gasteiger partial charge in [-0.2, -0.15) is 0 Å². The van der Waals surface area contributed by atoms with Gasteiger partial charge in [-0.25, -0.2) is 8.42 Å². The Bertz CT molecular complexity index is 1400. The standard InChI is InChI=1S/C29H33Cl2N3O4S/c1-5-21(3)32-29(36)22(4)33(18-23-11-9-10-20(2)14-23)28(35)19-34(26-16-24(30)15-25(31)17-26)39(37,38)27-12-7-6-8-13-27/h6-17,21-22H,5,18-19H2,1-4H3,(H,32,36)/t21-,22-/m1/s1. The van der Waals surface area contributed by atoms with Crippen LogP contribution in [-0.4, -0.2) is 43.8 Å². The maximum Gasteiger partial charge on any atom is 0.264 e. The van der Waals surface area contributed by atoms with Gasteiger partial charge in [0, 0.05) is 22.6 Å². The summed E-state index contributed by atoms with van der Waals surface area (Å²) in [6, 6.07) is 18.8. The summed E-state index contributed by atoms with van der Waals surface area (Å²) in [7, 11) is -4.20. The fourth-order valence-corrected chi connectivity index (χ4v) is 5.92. The minimum absolute atomic E-state index is 0.00157. The topological polar surface area (TPSA) is 86.8 Å². The van der Waals surface area contributed by atoms with E-state index in [-0.39, 0.29) is 39.1 Å². The highest BCUT2D eigenvalue weighted by Crippen LogP contribution is 2.30. The Kier molecular flexibility index (Phi) is 10.4. The molecule has 0 saturated carbocycles. The zero-order valence-corrected chi connectivity index (χ0v) is 24.7. The molecule has 39 heavy (non-hydrogen) atoms. The molecule has 3 aromatic rings. The Hall–Kier alpha value is -3.07. The number of nitrogens with zero attached hydrogens (tertiary/aromatic N) is 2. The number of carbonyl (C=O) groups excluding carboxylic acids is 2.